The molecule has 0 aliphatic carbocycles. The predicted molar refractivity (Wildman–Crippen MR) is 83.6 cm³/mol. The molecule has 0 N–H and O–H groups in total. The highest BCUT2D eigenvalue weighted by atomic mass is 16.5. The van der Waals surface area contributed by atoms with Crippen molar-refractivity contribution in [1.82, 2.24) is 0 Å². The third-order valence-corrected chi connectivity index (χ3v) is 3.91. The molecular weight excluding hydrogens is 262 g/mol. The monoisotopic (exact) mass is 281 g/mol. The van der Waals surface area contributed by atoms with E-state index in [0.717, 1.165) is 11.4 Å². The highest BCUT2D eigenvalue weighted by Crippen LogP contribution is 2.34. The highest BCUT2D eigenvalue weighted by molar-refractivity contribution is 5.99. The van der Waals surface area contributed by atoms with Gasteiger partial charge in [0, 0.05) is 0 Å². The average Bonchev–Trinajstić information content (AvgIpc) is 2.47. The summed E-state index contributed by atoms with van der Waals surface area (Å²) in [5, 5.41) is 0. The summed E-state index contributed by atoms with van der Waals surface area (Å²) in [6, 6.07) is 14.0. The van der Waals surface area contributed by atoms with Gasteiger partial charge in [-0.3, -0.25) is 4.79 Å². The maximum absolute atomic E-state index is 12.5. The minimum Gasteiger partial charge on any atom is -0.479 e. The molecule has 0 saturated carbocycles. The Morgan fingerprint density at radius 2 is 1.90 bits per heavy atom. The van der Waals surface area contributed by atoms with Crippen LogP contribution in [0.1, 0.15) is 23.6 Å². The molecule has 0 saturated heterocycles. The molecule has 21 heavy (non-hydrogen) atoms. The second-order valence-electron chi connectivity index (χ2n) is 5.58. The molecule has 0 fully saturated rings. The van der Waals surface area contributed by atoms with E-state index in [1.54, 1.807) is 6.92 Å². The summed E-state index contributed by atoms with van der Waals surface area (Å²) >= 11 is 0. The topological polar surface area (TPSA) is 29.5 Å². The van der Waals surface area contributed by atoms with E-state index in [9.17, 15) is 4.79 Å². The van der Waals surface area contributed by atoms with Gasteiger partial charge in [-0.2, -0.15) is 0 Å². The van der Waals surface area contributed by atoms with E-state index in [2.05, 4.69) is 32.0 Å². The van der Waals surface area contributed by atoms with Gasteiger partial charge in [0.1, 0.15) is 5.75 Å². The molecule has 3 heteroatoms. The number of ether oxygens (including phenoxy) is 1. The predicted octanol–water partition coefficient (Wildman–Crippen LogP) is 3.62. The number of rotatable bonds is 2. The van der Waals surface area contributed by atoms with Gasteiger partial charge in [-0.1, -0.05) is 35.9 Å². The third-order valence-electron chi connectivity index (χ3n) is 3.91. The van der Waals surface area contributed by atoms with Crippen molar-refractivity contribution in [2.24, 2.45) is 0 Å². The molecular formula is C18H19NO2. The molecule has 0 spiro atoms. The lowest BCUT2D eigenvalue weighted by atomic mass is 10.0. The van der Waals surface area contributed by atoms with Crippen molar-refractivity contribution < 1.29 is 9.53 Å². The van der Waals surface area contributed by atoms with E-state index < -0.39 is 6.10 Å². The van der Waals surface area contributed by atoms with Crippen LogP contribution >= 0.6 is 0 Å². The molecule has 3 rings (SSSR count). The number of amides is 1. The fourth-order valence-electron chi connectivity index (χ4n) is 2.66. The van der Waals surface area contributed by atoms with Gasteiger partial charge in [-0.15, -0.1) is 0 Å². The Kier molecular flexibility index (Phi) is 3.42. The van der Waals surface area contributed by atoms with Crippen molar-refractivity contribution in [3.8, 4) is 5.75 Å². The van der Waals surface area contributed by atoms with Crippen LogP contribution in [0.4, 0.5) is 5.69 Å². The van der Waals surface area contributed by atoms with Crippen molar-refractivity contribution in [3.05, 3.63) is 59.2 Å². The van der Waals surface area contributed by atoms with Crippen LogP contribution in [0.2, 0.25) is 0 Å². The van der Waals surface area contributed by atoms with E-state index >= 15 is 0 Å². The SMILES string of the molecule is Cc1ccc(C)c(CN2C(=O)[C@H](C)Oc3ccccc32)c1. The fourth-order valence-corrected chi connectivity index (χ4v) is 2.66. The summed E-state index contributed by atoms with van der Waals surface area (Å²) in [5.74, 6) is 0.782. The zero-order chi connectivity index (χ0) is 15.0. The second kappa shape index (κ2) is 5.24. The first-order chi connectivity index (χ1) is 10.1. The first-order valence-corrected chi connectivity index (χ1v) is 7.19. The van der Waals surface area contributed by atoms with Crippen LogP contribution < -0.4 is 9.64 Å². The standard InChI is InChI=1S/C18H19NO2/c1-12-8-9-13(2)15(10-12)11-19-16-6-4-5-7-17(16)21-14(3)18(19)20/h4-10,14H,11H2,1-3H3/t14-/m0/s1. The number of para-hydroxylation sites is 2. The molecule has 0 bridgehead atoms. The highest BCUT2D eigenvalue weighted by Gasteiger charge is 2.31. The summed E-state index contributed by atoms with van der Waals surface area (Å²) in [5.41, 5.74) is 4.43. The van der Waals surface area contributed by atoms with E-state index in [1.165, 1.54) is 16.7 Å². The Morgan fingerprint density at radius 3 is 2.71 bits per heavy atom. The van der Waals surface area contributed by atoms with Gasteiger partial charge in [0.05, 0.1) is 12.2 Å². The molecule has 1 amide bonds. The molecule has 1 aliphatic rings. The number of hydrogen-bond donors (Lipinski definition) is 0. The minimum absolute atomic E-state index is 0.00889. The van der Waals surface area contributed by atoms with Crippen molar-refractivity contribution >= 4 is 11.6 Å². The summed E-state index contributed by atoms with van der Waals surface area (Å²) in [6.07, 6.45) is -0.440. The first kappa shape index (κ1) is 13.7. The van der Waals surface area contributed by atoms with Gasteiger partial charge in [0.2, 0.25) is 0 Å². The smallest absolute Gasteiger partial charge is 0.268 e. The zero-order valence-corrected chi connectivity index (χ0v) is 12.6. The van der Waals surface area contributed by atoms with Crippen LogP contribution in [0.15, 0.2) is 42.5 Å². The normalized spacial score (nSPS) is 17.4. The van der Waals surface area contributed by atoms with Crippen molar-refractivity contribution in [1.29, 1.82) is 0 Å². The van der Waals surface area contributed by atoms with Crippen molar-refractivity contribution in [3.63, 3.8) is 0 Å². The van der Waals surface area contributed by atoms with Crippen molar-refractivity contribution in [2.45, 2.75) is 33.4 Å². The number of carbonyl (C=O) groups excluding carboxylic acids is 1. The zero-order valence-electron chi connectivity index (χ0n) is 12.6. The van der Waals surface area contributed by atoms with Crippen LogP contribution in [-0.4, -0.2) is 12.0 Å². The lowest BCUT2D eigenvalue weighted by Gasteiger charge is -2.33. The molecule has 0 radical (unpaired) electrons. The van der Waals surface area contributed by atoms with Crippen LogP contribution in [0, 0.1) is 13.8 Å². The van der Waals surface area contributed by atoms with Crippen LogP contribution in [0.5, 0.6) is 5.75 Å². The molecule has 1 atom stereocenters. The average molecular weight is 281 g/mol. The lowest BCUT2D eigenvalue weighted by molar-refractivity contribution is -0.125. The van der Waals surface area contributed by atoms with Gasteiger partial charge in [-0.25, -0.2) is 0 Å². The largest absolute Gasteiger partial charge is 0.479 e. The van der Waals surface area contributed by atoms with Crippen LogP contribution in [0.3, 0.4) is 0 Å². The number of carbonyl (C=O) groups is 1. The molecule has 1 heterocycles. The maximum atomic E-state index is 12.5. The number of aryl methyl sites for hydroxylation is 2. The number of nitrogens with zero attached hydrogens (tertiary/aromatic N) is 1. The molecule has 2 aromatic rings. The van der Waals surface area contributed by atoms with Gasteiger partial charge in [-0.05, 0) is 44.0 Å². The maximum Gasteiger partial charge on any atom is 0.268 e. The Bertz CT molecular complexity index is 693. The lowest BCUT2D eigenvalue weighted by Crippen LogP contribution is -2.44. The van der Waals surface area contributed by atoms with Gasteiger partial charge < -0.3 is 9.64 Å². The van der Waals surface area contributed by atoms with Gasteiger partial charge >= 0.3 is 0 Å². The molecule has 3 nitrogen and oxygen atoms in total. The molecule has 1 aliphatic heterocycles. The Hall–Kier alpha value is -2.29. The van der Waals surface area contributed by atoms with Crippen LogP contribution in [-0.2, 0) is 11.3 Å². The van der Waals surface area contributed by atoms with E-state index in [0.29, 0.717) is 6.54 Å². The van der Waals surface area contributed by atoms with E-state index in [1.807, 2.05) is 29.2 Å². The number of anilines is 1. The van der Waals surface area contributed by atoms with Crippen molar-refractivity contribution in [2.75, 3.05) is 4.90 Å². The van der Waals surface area contributed by atoms with Gasteiger partial charge in [0.25, 0.3) is 5.91 Å². The fraction of sp³-hybridized carbons (Fsp3) is 0.278. The first-order valence-electron chi connectivity index (χ1n) is 7.19. The Balaban J connectivity index is 2.01. The third kappa shape index (κ3) is 2.51. The summed E-state index contributed by atoms with van der Waals surface area (Å²) in [7, 11) is 0. The number of benzene rings is 2. The number of hydrogen-bond acceptors (Lipinski definition) is 2. The Labute approximate surface area is 125 Å². The quantitative estimate of drug-likeness (QED) is 0.841. The summed E-state index contributed by atoms with van der Waals surface area (Å²) < 4.78 is 5.67. The summed E-state index contributed by atoms with van der Waals surface area (Å²) in [4.78, 5) is 14.3. The minimum atomic E-state index is -0.440. The van der Waals surface area contributed by atoms with Crippen LogP contribution in [0.25, 0.3) is 0 Å². The van der Waals surface area contributed by atoms with Gasteiger partial charge in [0.15, 0.2) is 6.10 Å². The Morgan fingerprint density at radius 1 is 1.14 bits per heavy atom. The second-order valence-corrected chi connectivity index (χ2v) is 5.58. The molecule has 108 valence electrons. The molecule has 0 aromatic heterocycles. The van der Waals surface area contributed by atoms with E-state index in [4.69, 9.17) is 4.74 Å². The summed E-state index contributed by atoms with van der Waals surface area (Å²) in [6.45, 7) is 6.53. The van der Waals surface area contributed by atoms with E-state index in [-0.39, 0.29) is 5.91 Å². The number of fused-ring (bicyclic) bond motifs is 1. The molecule has 0 unspecified atom stereocenters. The molecule has 2 aromatic carbocycles.